The SMILES string of the molecule is CC1=NNC2C(NC(C)C)=NC(c3nc4cnccc4n3Cc3ccccn3)=CN12. The highest BCUT2D eigenvalue weighted by molar-refractivity contribution is 6.00. The molecule has 0 aliphatic carbocycles. The molecule has 5 heterocycles. The van der Waals surface area contributed by atoms with Crippen LogP contribution in [0.4, 0.5) is 0 Å². The topological polar surface area (TPSA) is 95.6 Å². The van der Waals surface area contributed by atoms with Crippen molar-refractivity contribution >= 4 is 28.4 Å². The first-order chi connectivity index (χ1) is 14.6. The highest BCUT2D eigenvalue weighted by atomic mass is 15.5. The van der Waals surface area contributed by atoms with Crippen LogP contribution in [0.2, 0.25) is 0 Å². The van der Waals surface area contributed by atoms with Gasteiger partial charge >= 0.3 is 0 Å². The smallest absolute Gasteiger partial charge is 0.178 e. The first kappa shape index (κ1) is 18.3. The van der Waals surface area contributed by atoms with E-state index in [0.29, 0.717) is 6.54 Å². The van der Waals surface area contributed by atoms with E-state index >= 15 is 0 Å². The maximum atomic E-state index is 4.93. The number of hydrogen-bond donors (Lipinski definition) is 2. The van der Waals surface area contributed by atoms with Gasteiger partial charge < -0.3 is 14.8 Å². The molecule has 2 N–H and O–H groups in total. The Morgan fingerprint density at radius 1 is 1.20 bits per heavy atom. The number of nitrogens with zero attached hydrogens (tertiary/aromatic N) is 7. The number of hydrogen-bond acceptors (Lipinski definition) is 8. The minimum Gasteiger partial charge on any atom is -0.368 e. The van der Waals surface area contributed by atoms with Crippen molar-refractivity contribution in [2.45, 2.75) is 39.5 Å². The van der Waals surface area contributed by atoms with E-state index in [1.165, 1.54) is 0 Å². The predicted octanol–water partition coefficient (Wildman–Crippen LogP) is 2.15. The molecule has 5 rings (SSSR count). The van der Waals surface area contributed by atoms with E-state index in [1.807, 2.05) is 37.4 Å². The molecule has 9 nitrogen and oxygen atoms in total. The maximum absolute atomic E-state index is 4.93. The monoisotopic (exact) mass is 401 g/mol. The van der Waals surface area contributed by atoms with Crippen molar-refractivity contribution in [3.8, 4) is 0 Å². The fourth-order valence-corrected chi connectivity index (χ4v) is 3.68. The van der Waals surface area contributed by atoms with Gasteiger partial charge in [-0.25, -0.2) is 9.98 Å². The maximum Gasteiger partial charge on any atom is 0.178 e. The average Bonchev–Trinajstić information content (AvgIpc) is 3.30. The van der Waals surface area contributed by atoms with E-state index in [-0.39, 0.29) is 12.2 Å². The summed E-state index contributed by atoms with van der Waals surface area (Å²) in [5, 5.41) is 7.83. The zero-order valence-corrected chi connectivity index (χ0v) is 17.1. The lowest BCUT2D eigenvalue weighted by Gasteiger charge is -2.30. The summed E-state index contributed by atoms with van der Waals surface area (Å²) in [5.41, 5.74) is 6.68. The van der Waals surface area contributed by atoms with Crippen LogP contribution in [0, 0.1) is 0 Å². The molecule has 3 aromatic rings. The largest absolute Gasteiger partial charge is 0.368 e. The third-order valence-electron chi connectivity index (χ3n) is 5.02. The molecular weight excluding hydrogens is 378 g/mol. The molecule has 1 unspecified atom stereocenters. The molecule has 2 aliphatic heterocycles. The molecule has 152 valence electrons. The number of hydrazone groups is 1. The molecule has 0 saturated carbocycles. The Morgan fingerprint density at radius 3 is 2.90 bits per heavy atom. The molecule has 9 heteroatoms. The van der Waals surface area contributed by atoms with Crippen LogP contribution in [0.1, 0.15) is 32.3 Å². The minimum atomic E-state index is -0.133. The van der Waals surface area contributed by atoms with Crippen molar-refractivity contribution in [1.29, 1.82) is 0 Å². The lowest BCUT2D eigenvalue weighted by molar-refractivity contribution is 0.452. The molecule has 2 aliphatic rings. The van der Waals surface area contributed by atoms with E-state index in [4.69, 9.17) is 9.98 Å². The van der Waals surface area contributed by atoms with Gasteiger partial charge in [-0.15, -0.1) is 0 Å². The second kappa shape index (κ2) is 7.25. The normalized spacial score (nSPS) is 18.1. The zero-order valence-electron chi connectivity index (χ0n) is 17.1. The Labute approximate surface area is 174 Å². The summed E-state index contributed by atoms with van der Waals surface area (Å²) < 4.78 is 2.14. The van der Waals surface area contributed by atoms with Crippen molar-refractivity contribution in [3.05, 3.63) is 60.6 Å². The number of imidazole rings is 1. The Bertz CT molecular complexity index is 1170. The standard InChI is InChI=1S/C21H23N9/c1-13(2)24-19-21-28-27-14(3)29(21)12-17(25-19)20-26-16-10-22-9-7-18(16)30(20)11-15-6-4-5-8-23-15/h4-10,12-13,21,28H,11H2,1-3H3,(H,24,25). The summed E-state index contributed by atoms with van der Waals surface area (Å²) >= 11 is 0. The van der Waals surface area contributed by atoms with E-state index in [1.54, 1.807) is 18.6 Å². The number of aliphatic imine (C=N–C) groups is 1. The van der Waals surface area contributed by atoms with Crippen molar-refractivity contribution in [2.24, 2.45) is 10.1 Å². The average molecular weight is 401 g/mol. The molecule has 0 fully saturated rings. The van der Waals surface area contributed by atoms with Gasteiger partial charge in [0.15, 0.2) is 12.0 Å². The number of rotatable bonds is 4. The second-order valence-electron chi connectivity index (χ2n) is 7.62. The van der Waals surface area contributed by atoms with E-state index < -0.39 is 0 Å². The van der Waals surface area contributed by atoms with Gasteiger partial charge in [0.25, 0.3) is 0 Å². The third kappa shape index (κ3) is 3.18. The highest BCUT2D eigenvalue weighted by Crippen LogP contribution is 2.27. The summed E-state index contributed by atoms with van der Waals surface area (Å²) in [5.74, 6) is 2.46. The predicted molar refractivity (Wildman–Crippen MR) is 116 cm³/mol. The highest BCUT2D eigenvalue weighted by Gasteiger charge is 2.33. The van der Waals surface area contributed by atoms with Gasteiger partial charge in [-0.3, -0.25) is 15.4 Å². The number of nitrogens with one attached hydrogen (secondary N) is 2. The fraction of sp³-hybridized carbons (Fsp3) is 0.286. The van der Waals surface area contributed by atoms with Gasteiger partial charge in [0.05, 0.1) is 24.0 Å². The van der Waals surface area contributed by atoms with Crippen LogP contribution in [-0.4, -0.2) is 48.3 Å². The molecular formula is C21H23N9. The molecule has 30 heavy (non-hydrogen) atoms. The Kier molecular flexibility index (Phi) is 4.42. The molecule has 0 spiro atoms. The first-order valence-corrected chi connectivity index (χ1v) is 9.96. The van der Waals surface area contributed by atoms with Crippen LogP contribution in [0.3, 0.4) is 0 Å². The lowest BCUT2D eigenvalue weighted by Crippen LogP contribution is -2.52. The van der Waals surface area contributed by atoms with Gasteiger partial charge in [-0.1, -0.05) is 6.07 Å². The minimum absolute atomic E-state index is 0.133. The summed E-state index contributed by atoms with van der Waals surface area (Å²) in [6, 6.07) is 8.14. The second-order valence-corrected chi connectivity index (χ2v) is 7.62. The first-order valence-electron chi connectivity index (χ1n) is 9.96. The number of pyridine rings is 2. The van der Waals surface area contributed by atoms with Crippen LogP contribution in [-0.2, 0) is 6.54 Å². The molecule has 0 saturated heterocycles. The fourth-order valence-electron chi connectivity index (χ4n) is 3.68. The quantitative estimate of drug-likeness (QED) is 0.696. The van der Waals surface area contributed by atoms with Gasteiger partial charge in [-0.05, 0) is 39.0 Å². The molecule has 3 aromatic heterocycles. The zero-order chi connectivity index (χ0) is 20.7. The van der Waals surface area contributed by atoms with Crippen molar-refractivity contribution in [1.82, 2.24) is 35.2 Å². The van der Waals surface area contributed by atoms with Crippen molar-refractivity contribution in [2.75, 3.05) is 0 Å². The summed E-state index contributed by atoms with van der Waals surface area (Å²) in [4.78, 5) is 20.6. The summed E-state index contributed by atoms with van der Waals surface area (Å²) in [6.07, 6.45) is 7.23. The molecule has 0 bridgehead atoms. The summed E-state index contributed by atoms with van der Waals surface area (Å²) in [7, 11) is 0. The molecule has 0 aromatic carbocycles. The van der Waals surface area contributed by atoms with Gasteiger partial charge in [0.1, 0.15) is 22.9 Å². The van der Waals surface area contributed by atoms with Crippen molar-refractivity contribution in [3.63, 3.8) is 0 Å². The van der Waals surface area contributed by atoms with Gasteiger partial charge in [0, 0.05) is 24.6 Å². The van der Waals surface area contributed by atoms with Crippen LogP contribution in [0.15, 0.2) is 59.1 Å². The van der Waals surface area contributed by atoms with Crippen LogP contribution in [0.5, 0.6) is 0 Å². The Balaban J connectivity index is 1.64. The van der Waals surface area contributed by atoms with E-state index in [9.17, 15) is 0 Å². The van der Waals surface area contributed by atoms with Crippen LogP contribution >= 0.6 is 0 Å². The van der Waals surface area contributed by atoms with Crippen LogP contribution in [0.25, 0.3) is 16.7 Å². The lowest BCUT2D eigenvalue weighted by atomic mass is 10.2. The van der Waals surface area contributed by atoms with E-state index in [2.05, 4.69) is 49.1 Å². The van der Waals surface area contributed by atoms with Crippen LogP contribution < -0.4 is 10.7 Å². The third-order valence-corrected chi connectivity index (χ3v) is 5.02. The van der Waals surface area contributed by atoms with Gasteiger partial charge in [-0.2, -0.15) is 5.10 Å². The van der Waals surface area contributed by atoms with Crippen molar-refractivity contribution < 1.29 is 0 Å². The number of amidine groups is 2. The van der Waals surface area contributed by atoms with E-state index in [0.717, 1.165) is 39.9 Å². The number of aromatic nitrogens is 4. The summed E-state index contributed by atoms with van der Waals surface area (Å²) in [6.45, 7) is 6.75. The molecule has 0 radical (unpaired) electrons. The Hall–Kier alpha value is -3.75. The molecule has 0 amide bonds. The molecule has 1 atom stereocenters. The number of fused-ring (bicyclic) bond motifs is 2. The van der Waals surface area contributed by atoms with Gasteiger partial charge in [0.2, 0.25) is 0 Å². The Morgan fingerprint density at radius 2 is 2.10 bits per heavy atom.